The molecule has 0 radical (unpaired) electrons. The summed E-state index contributed by atoms with van der Waals surface area (Å²) in [7, 11) is 0. The number of pyridine rings is 1. The van der Waals surface area contributed by atoms with Gasteiger partial charge in [-0.1, -0.05) is 18.2 Å². The van der Waals surface area contributed by atoms with Gasteiger partial charge in [0.15, 0.2) is 23.0 Å². The standard InChI is InChI=1S/C34H43NO10/c1-2-8-35-29(3-1)34(27-4-6-30-32(25-27)44-23-19-40-15-11-36-9-13-38-17-21-42-30)28-5-7-31-33(26-28)45-24-20-41-16-12-37-10-14-39-18-22-43-31/h1-8,25-26,34H,9-24H2. The Morgan fingerprint density at radius 2 is 0.778 bits per heavy atom. The lowest BCUT2D eigenvalue weighted by atomic mass is 9.87. The molecule has 11 heteroatoms. The highest BCUT2D eigenvalue weighted by atomic mass is 16.6. The van der Waals surface area contributed by atoms with Gasteiger partial charge in [-0.3, -0.25) is 4.98 Å². The zero-order valence-electron chi connectivity index (χ0n) is 25.7. The van der Waals surface area contributed by atoms with Crippen molar-refractivity contribution >= 4 is 0 Å². The maximum absolute atomic E-state index is 6.19. The first-order valence-electron chi connectivity index (χ1n) is 15.5. The molecule has 0 amide bonds. The van der Waals surface area contributed by atoms with E-state index in [0.717, 1.165) is 16.8 Å². The van der Waals surface area contributed by atoms with Crippen LogP contribution in [0, 0.1) is 0 Å². The Kier molecular flexibility index (Phi) is 14.0. The lowest BCUT2D eigenvalue weighted by Gasteiger charge is -2.22. The molecule has 0 saturated carbocycles. The zero-order valence-corrected chi connectivity index (χ0v) is 25.7. The highest BCUT2D eigenvalue weighted by Gasteiger charge is 2.22. The number of nitrogens with zero attached hydrogens (tertiary/aromatic N) is 1. The fourth-order valence-electron chi connectivity index (χ4n) is 4.88. The molecule has 0 unspecified atom stereocenters. The van der Waals surface area contributed by atoms with E-state index in [1.807, 2.05) is 54.6 Å². The summed E-state index contributed by atoms with van der Waals surface area (Å²) in [6, 6.07) is 17.9. The maximum atomic E-state index is 6.19. The third-order valence-electron chi connectivity index (χ3n) is 7.01. The lowest BCUT2D eigenvalue weighted by Crippen LogP contribution is -2.13. The summed E-state index contributed by atoms with van der Waals surface area (Å²) in [6.45, 7) is 7.31. The van der Waals surface area contributed by atoms with Gasteiger partial charge in [0, 0.05) is 6.20 Å². The minimum absolute atomic E-state index is 0.226. The number of hydrogen-bond donors (Lipinski definition) is 0. The first-order valence-corrected chi connectivity index (χ1v) is 15.5. The molecule has 2 aromatic carbocycles. The highest BCUT2D eigenvalue weighted by molar-refractivity contribution is 5.52. The number of ether oxygens (including phenoxy) is 10. The van der Waals surface area contributed by atoms with Gasteiger partial charge in [-0.25, -0.2) is 0 Å². The average molecular weight is 626 g/mol. The first-order chi connectivity index (χ1) is 22.4. The van der Waals surface area contributed by atoms with Crippen LogP contribution in [0.15, 0.2) is 60.8 Å². The molecule has 5 rings (SSSR count). The van der Waals surface area contributed by atoms with E-state index in [1.165, 1.54) is 0 Å². The number of rotatable bonds is 3. The van der Waals surface area contributed by atoms with E-state index in [0.29, 0.717) is 129 Å². The van der Waals surface area contributed by atoms with Crippen LogP contribution in [0.2, 0.25) is 0 Å². The predicted molar refractivity (Wildman–Crippen MR) is 165 cm³/mol. The Morgan fingerprint density at radius 3 is 1.16 bits per heavy atom. The van der Waals surface area contributed by atoms with E-state index < -0.39 is 0 Å². The predicted octanol–water partition coefficient (Wildman–Crippen LogP) is 3.90. The van der Waals surface area contributed by atoms with Gasteiger partial charge < -0.3 is 47.4 Å². The monoisotopic (exact) mass is 625 g/mol. The first kappa shape index (κ1) is 32.9. The largest absolute Gasteiger partial charge is 0.487 e. The molecule has 3 heterocycles. The molecule has 0 spiro atoms. The lowest BCUT2D eigenvalue weighted by molar-refractivity contribution is 0.00708. The van der Waals surface area contributed by atoms with Gasteiger partial charge in [0.05, 0.1) is 90.9 Å². The molecule has 0 N–H and O–H groups in total. The molecule has 11 nitrogen and oxygen atoms in total. The van der Waals surface area contributed by atoms with Gasteiger partial charge in [0.1, 0.15) is 26.4 Å². The van der Waals surface area contributed by atoms with E-state index in [9.17, 15) is 0 Å². The van der Waals surface area contributed by atoms with Crippen molar-refractivity contribution in [3.63, 3.8) is 0 Å². The molecule has 2 aliphatic heterocycles. The Morgan fingerprint density at radius 1 is 0.400 bits per heavy atom. The molecule has 0 fully saturated rings. The van der Waals surface area contributed by atoms with Crippen LogP contribution in [0.25, 0.3) is 0 Å². The Labute approximate surface area is 264 Å². The zero-order chi connectivity index (χ0) is 30.8. The van der Waals surface area contributed by atoms with Gasteiger partial charge in [-0.15, -0.1) is 0 Å². The van der Waals surface area contributed by atoms with Crippen molar-refractivity contribution in [2.45, 2.75) is 5.92 Å². The highest BCUT2D eigenvalue weighted by Crippen LogP contribution is 2.39. The van der Waals surface area contributed by atoms with E-state index in [4.69, 9.17) is 52.4 Å². The van der Waals surface area contributed by atoms with Gasteiger partial charge in [0.25, 0.3) is 0 Å². The Balaban J connectivity index is 1.42. The summed E-state index contributed by atoms with van der Waals surface area (Å²) in [5, 5.41) is 0. The van der Waals surface area contributed by atoms with Crippen LogP contribution in [0.1, 0.15) is 22.7 Å². The van der Waals surface area contributed by atoms with Crippen molar-refractivity contribution in [3.8, 4) is 23.0 Å². The SMILES string of the molecule is c1ccc(C(c2ccc3c(c2)OCCOCCOCCOCCO3)c2ccc3c(c2)OCCOCCOCCOCCO3)nc1. The summed E-state index contributed by atoms with van der Waals surface area (Å²) in [4.78, 5) is 4.74. The van der Waals surface area contributed by atoms with Gasteiger partial charge in [-0.2, -0.15) is 0 Å². The van der Waals surface area contributed by atoms with Crippen molar-refractivity contribution in [2.24, 2.45) is 0 Å². The molecule has 3 aromatic rings. The summed E-state index contributed by atoms with van der Waals surface area (Å²) < 4.78 is 58.1. The fraction of sp³-hybridized carbons (Fsp3) is 0.500. The molecule has 45 heavy (non-hydrogen) atoms. The molecular weight excluding hydrogens is 582 g/mol. The van der Waals surface area contributed by atoms with Crippen LogP contribution in [-0.2, 0) is 28.4 Å². The van der Waals surface area contributed by atoms with Crippen molar-refractivity contribution < 1.29 is 47.4 Å². The molecule has 1 aromatic heterocycles. The molecular formula is C34H43NO10. The second-order valence-corrected chi connectivity index (χ2v) is 10.2. The number of fused-ring (bicyclic) bond motifs is 2. The molecule has 2 aliphatic rings. The van der Waals surface area contributed by atoms with E-state index in [2.05, 4.69) is 0 Å². The fourth-order valence-corrected chi connectivity index (χ4v) is 4.88. The van der Waals surface area contributed by atoms with Crippen LogP contribution in [0.3, 0.4) is 0 Å². The van der Waals surface area contributed by atoms with E-state index in [-0.39, 0.29) is 5.92 Å². The number of aromatic nitrogens is 1. The van der Waals surface area contributed by atoms with E-state index >= 15 is 0 Å². The second-order valence-electron chi connectivity index (χ2n) is 10.2. The van der Waals surface area contributed by atoms with Crippen LogP contribution in [-0.4, -0.2) is 111 Å². The topological polar surface area (TPSA) is 105 Å². The van der Waals surface area contributed by atoms with Crippen molar-refractivity contribution in [1.82, 2.24) is 4.98 Å². The summed E-state index contributed by atoms with van der Waals surface area (Å²) in [5.41, 5.74) is 2.84. The summed E-state index contributed by atoms with van der Waals surface area (Å²) in [6.07, 6.45) is 1.80. The van der Waals surface area contributed by atoms with Crippen LogP contribution in [0.4, 0.5) is 0 Å². The average Bonchev–Trinajstić information content (AvgIpc) is 3.08. The number of benzene rings is 2. The molecule has 0 aliphatic carbocycles. The maximum Gasteiger partial charge on any atom is 0.161 e. The number of hydrogen-bond acceptors (Lipinski definition) is 11. The smallest absolute Gasteiger partial charge is 0.161 e. The van der Waals surface area contributed by atoms with Crippen molar-refractivity contribution in [3.05, 3.63) is 77.6 Å². The molecule has 0 atom stereocenters. The summed E-state index contributed by atoms with van der Waals surface area (Å²) in [5.74, 6) is 2.29. The minimum atomic E-state index is -0.226. The van der Waals surface area contributed by atoms with Crippen LogP contribution in [0.5, 0.6) is 23.0 Å². The Bertz CT molecular complexity index is 1180. The molecule has 0 bridgehead atoms. The van der Waals surface area contributed by atoms with E-state index in [1.54, 1.807) is 6.20 Å². The van der Waals surface area contributed by atoms with Crippen LogP contribution < -0.4 is 18.9 Å². The van der Waals surface area contributed by atoms with Gasteiger partial charge in [0.2, 0.25) is 0 Å². The van der Waals surface area contributed by atoms with Gasteiger partial charge >= 0.3 is 0 Å². The Hall–Kier alpha value is -3.45. The second kappa shape index (κ2) is 19.2. The molecule has 0 saturated heterocycles. The van der Waals surface area contributed by atoms with Crippen molar-refractivity contribution in [2.75, 3.05) is 106 Å². The summed E-state index contributed by atoms with van der Waals surface area (Å²) >= 11 is 0. The van der Waals surface area contributed by atoms with Crippen LogP contribution >= 0.6 is 0 Å². The molecule has 244 valence electrons. The van der Waals surface area contributed by atoms with Gasteiger partial charge in [-0.05, 0) is 47.5 Å². The third kappa shape index (κ3) is 10.8. The quantitative estimate of drug-likeness (QED) is 0.423. The normalized spacial score (nSPS) is 18.5. The minimum Gasteiger partial charge on any atom is -0.487 e. The third-order valence-corrected chi connectivity index (χ3v) is 7.01. The van der Waals surface area contributed by atoms with Crippen molar-refractivity contribution in [1.29, 1.82) is 0 Å².